The first-order chi connectivity index (χ1) is 20.6. The summed E-state index contributed by atoms with van der Waals surface area (Å²) < 4.78 is 19.5. The highest BCUT2D eigenvalue weighted by molar-refractivity contribution is 8.18. The van der Waals surface area contributed by atoms with Crippen molar-refractivity contribution in [2.45, 2.75) is 72.1 Å². The Bertz CT molecular complexity index is 1540. The van der Waals surface area contributed by atoms with Crippen molar-refractivity contribution >= 4 is 28.6 Å². The van der Waals surface area contributed by atoms with Gasteiger partial charge in [-0.1, -0.05) is 56.0 Å². The molecule has 1 fully saturated rings. The van der Waals surface area contributed by atoms with Gasteiger partial charge < -0.3 is 19.5 Å². The predicted octanol–water partition coefficient (Wildman–Crippen LogP) is 7.44. The third-order valence-corrected chi connectivity index (χ3v) is 9.12. The van der Waals surface area contributed by atoms with Crippen LogP contribution in [-0.4, -0.2) is 35.9 Å². The number of fused-ring (bicyclic) bond motifs is 1. The number of nitrogens with zero attached hydrogens (tertiary/aromatic N) is 1. The Morgan fingerprint density at radius 2 is 1.74 bits per heavy atom. The van der Waals surface area contributed by atoms with Gasteiger partial charge in [-0.05, 0) is 93.2 Å². The summed E-state index contributed by atoms with van der Waals surface area (Å²) in [6.45, 7) is 15.9. The zero-order valence-corrected chi connectivity index (χ0v) is 26.4. The highest BCUT2D eigenvalue weighted by Gasteiger charge is 2.38. The van der Waals surface area contributed by atoms with Crippen LogP contribution in [-0.2, 0) is 17.8 Å². The van der Waals surface area contributed by atoms with Gasteiger partial charge in [0.15, 0.2) is 0 Å². The van der Waals surface area contributed by atoms with Crippen molar-refractivity contribution in [3.8, 4) is 17.2 Å². The molecule has 2 aliphatic heterocycles. The van der Waals surface area contributed by atoms with Crippen molar-refractivity contribution < 1.29 is 23.8 Å². The number of anilines is 1. The van der Waals surface area contributed by atoms with Gasteiger partial charge in [-0.3, -0.25) is 9.59 Å². The largest absolute Gasteiger partial charge is 0.490 e. The summed E-state index contributed by atoms with van der Waals surface area (Å²) in [7, 11) is 0. The molecule has 0 radical (unpaired) electrons. The Balaban J connectivity index is 1.31. The highest BCUT2D eigenvalue weighted by Crippen LogP contribution is 2.45. The summed E-state index contributed by atoms with van der Waals surface area (Å²) in [5.74, 6) is 1.97. The second kappa shape index (κ2) is 12.9. The number of amides is 2. The molecule has 2 atom stereocenters. The van der Waals surface area contributed by atoms with Gasteiger partial charge in [-0.2, -0.15) is 0 Å². The second-order valence-electron chi connectivity index (χ2n) is 11.5. The molecule has 2 aliphatic rings. The maximum absolute atomic E-state index is 12.6. The molecule has 2 unspecified atom stereocenters. The zero-order chi connectivity index (χ0) is 30.7. The molecule has 3 aromatic rings. The zero-order valence-electron chi connectivity index (χ0n) is 25.6. The van der Waals surface area contributed by atoms with Gasteiger partial charge in [0.1, 0.15) is 36.1 Å². The van der Waals surface area contributed by atoms with Gasteiger partial charge in [0.25, 0.3) is 11.1 Å². The van der Waals surface area contributed by atoms with E-state index in [9.17, 15) is 9.59 Å². The maximum Gasteiger partial charge on any atom is 0.298 e. The minimum atomic E-state index is -0.411. The first kappa shape index (κ1) is 30.7. The number of rotatable bonds is 11. The molecule has 2 amide bonds. The lowest BCUT2D eigenvalue weighted by molar-refractivity contribution is -0.113. The number of para-hydroxylation sites is 2. The lowest BCUT2D eigenvalue weighted by Crippen LogP contribution is -2.46. The van der Waals surface area contributed by atoms with Crippen LogP contribution in [0.1, 0.15) is 54.5 Å². The number of benzene rings is 3. The maximum atomic E-state index is 12.6. The third-order valence-electron chi connectivity index (χ3n) is 8.34. The first-order valence-corrected chi connectivity index (χ1v) is 15.6. The average molecular weight is 601 g/mol. The molecule has 3 aromatic carbocycles. The van der Waals surface area contributed by atoms with Gasteiger partial charge in [0.2, 0.25) is 0 Å². The van der Waals surface area contributed by atoms with E-state index in [1.807, 2.05) is 24.3 Å². The molecule has 0 aliphatic carbocycles. The van der Waals surface area contributed by atoms with E-state index in [1.54, 1.807) is 18.2 Å². The van der Waals surface area contributed by atoms with E-state index < -0.39 is 11.5 Å². The summed E-state index contributed by atoms with van der Waals surface area (Å²) in [6, 6.07) is 17.3. The molecule has 0 aromatic heterocycles. The molecule has 7 nitrogen and oxygen atoms in total. The van der Waals surface area contributed by atoms with Crippen LogP contribution >= 0.6 is 11.8 Å². The molecular formula is C35H40N2O5S. The standard InChI is InChI=1S/C35H40N2O5S/c1-7-36-27(21-40-30-16-12-11-15-29(30)37-33(38)25(5)43-34(37)39)19-35(6)18-17-28-24(4)31(22(2)23(3)32(28)42-35)41-20-26-13-9-8-10-14-26/h8-16,27,36H,5,7,17-21H2,1-4,6H3. The molecule has 0 bridgehead atoms. The van der Waals surface area contributed by atoms with Gasteiger partial charge >= 0.3 is 0 Å². The molecule has 226 valence electrons. The van der Waals surface area contributed by atoms with Crippen molar-refractivity contribution in [1.29, 1.82) is 0 Å². The number of nitrogens with one attached hydrogen (secondary N) is 1. The van der Waals surface area contributed by atoms with Crippen LogP contribution in [0.4, 0.5) is 10.5 Å². The van der Waals surface area contributed by atoms with Crippen molar-refractivity contribution in [2.75, 3.05) is 18.1 Å². The fraction of sp³-hybridized carbons (Fsp3) is 0.371. The molecule has 1 N–H and O–H groups in total. The van der Waals surface area contributed by atoms with Crippen molar-refractivity contribution in [3.63, 3.8) is 0 Å². The number of ether oxygens (including phenoxy) is 3. The molecule has 8 heteroatoms. The monoisotopic (exact) mass is 600 g/mol. The van der Waals surface area contributed by atoms with Crippen LogP contribution in [0, 0.1) is 20.8 Å². The fourth-order valence-electron chi connectivity index (χ4n) is 5.94. The third kappa shape index (κ3) is 6.45. The minimum absolute atomic E-state index is 0.0186. The van der Waals surface area contributed by atoms with Crippen LogP contribution < -0.4 is 24.4 Å². The van der Waals surface area contributed by atoms with E-state index in [4.69, 9.17) is 14.2 Å². The van der Waals surface area contributed by atoms with Crippen LogP contribution in [0.2, 0.25) is 0 Å². The Morgan fingerprint density at radius 1 is 1.02 bits per heavy atom. The first-order valence-electron chi connectivity index (χ1n) is 14.8. The smallest absolute Gasteiger partial charge is 0.298 e. The van der Waals surface area contributed by atoms with Crippen molar-refractivity contribution in [1.82, 2.24) is 5.32 Å². The molecule has 0 saturated carbocycles. The molecule has 5 rings (SSSR count). The Morgan fingerprint density at radius 3 is 2.44 bits per heavy atom. The summed E-state index contributed by atoms with van der Waals surface area (Å²) >= 11 is 0.846. The quantitative estimate of drug-likeness (QED) is 0.229. The van der Waals surface area contributed by atoms with Gasteiger partial charge in [0.05, 0.1) is 10.6 Å². The summed E-state index contributed by atoms with van der Waals surface area (Å²) in [6.07, 6.45) is 2.47. The van der Waals surface area contributed by atoms with E-state index in [2.05, 4.69) is 58.6 Å². The van der Waals surface area contributed by atoms with Crippen molar-refractivity contribution in [2.24, 2.45) is 0 Å². The SMILES string of the molecule is C=C1SC(=O)N(c2ccccc2OCC(CC2(C)CCc3c(C)c(OCc4ccccc4)c(C)c(C)c3O2)NCC)C1=O. The summed E-state index contributed by atoms with van der Waals surface area (Å²) in [5.41, 5.74) is 5.74. The number of likely N-dealkylation sites (N-methyl/N-ethyl adjacent to an activating group) is 1. The average Bonchev–Trinajstić information content (AvgIpc) is 3.25. The lowest BCUT2D eigenvalue weighted by Gasteiger charge is -2.40. The second-order valence-corrected chi connectivity index (χ2v) is 12.6. The topological polar surface area (TPSA) is 77.1 Å². The van der Waals surface area contributed by atoms with Crippen LogP contribution in [0.25, 0.3) is 0 Å². The van der Waals surface area contributed by atoms with E-state index in [0.29, 0.717) is 24.7 Å². The van der Waals surface area contributed by atoms with Crippen LogP contribution in [0.15, 0.2) is 66.1 Å². The molecule has 2 heterocycles. The number of hydrogen-bond donors (Lipinski definition) is 1. The molecule has 1 saturated heterocycles. The van der Waals surface area contributed by atoms with E-state index in [0.717, 1.165) is 76.2 Å². The number of thioether (sulfide) groups is 1. The number of carbonyl (C=O) groups excluding carboxylic acids is 2. The van der Waals surface area contributed by atoms with Gasteiger partial charge in [0, 0.05) is 18.0 Å². The fourth-order valence-corrected chi connectivity index (χ4v) is 6.60. The molecule has 43 heavy (non-hydrogen) atoms. The van der Waals surface area contributed by atoms with Crippen LogP contribution in [0.3, 0.4) is 0 Å². The van der Waals surface area contributed by atoms with Crippen molar-refractivity contribution in [3.05, 3.63) is 93.9 Å². The summed E-state index contributed by atoms with van der Waals surface area (Å²) in [5, 5.41) is 3.18. The Kier molecular flexibility index (Phi) is 9.18. The number of carbonyl (C=O) groups is 2. The lowest BCUT2D eigenvalue weighted by atomic mass is 9.84. The highest BCUT2D eigenvalue weighted by atomic mass is 32.2. The minimum Gasteiger partial charge on any atom is -0.490 e. The number of hydrogen-bond acceptors (Lipinski definition) is 7. The number of imide groups is 1. The molecular weight excluding hydrogens is 560 g/mol. The van der Waals surface area contributed by atoms with Gasteiger partial charge in [-0.15, -0.1) is 0 Å². The van der Waals surface area contributed by atoms with E-state index >= 15 is 0 Å². The Labute approximate surface area is 258 Å². The Hall–Kier alpha value is -3.75. The molecule has 0 spiro atoms. The summed E-state index contributed by atoms with van der Waals surface area (Å²) in [4.78, 5) is 26.5. The van der Waals surface area contributed by atoms with Crippen LogP contribution in [0.5, 0.6) is 17.2 Å². The van der Waals surface area contributed by atoms with E-state index in [-0.39, 0.29) is 16.2 Å². The predicted molar refractivity (Wildman–Crippen MR) is 172 cm³/mol. The normalized spacial score (nSPS) is 18.8. The van der Waals surface area contributed by atoms with E-state index in [1.165, 1.54) is 5.56 Å². The van der Waals surface area contributed by atoms with Gasteiger partial charge in [-0.25, -0.2) is 4.90 Å².